The molecule has 0 aliphatic heterocycles. The molecule has 8 heteroatoms. The van der Waals surface area contributed by atoms with Crippen LogP contribution >= 0.6 is 11.6 Å². The summed E-state index contributed by atoms with van der Waals surface area (Å²) < 4.78 is 5.32. The van der Waals surface area contributed by atoms with Gasteiger partial charge in [0.25, 0.3) is 5.91 Å². The second-order valence-electron chi connectivity index (χ2n) is 5.87. The predicted molar refractivity (Wildman–Crippen MR) is 104 cm³/mol. The van der Waals surface area contributed by atoms with Gasteiger partial charge in [0.2, 0.25) is 11.7 Å². The van der Waals surface area contributed by atoms with Gasteiger partial charge < -0.3 is 9.84 Å². The summed E-state index contributed by atoms with van der Waals surface area (Å²) in [5.41, 5.74) is 2.41. The molecule has 0 aliphatic rings. The summed E-state index contributed by atoms with van der Waals surface area (Å²) in [5.74, 6) is 0.476. The van der Waals surface area contributed by atoms with Crippen LogP contribution < -0.4 is 5.32 Å². The number of anilines is 1. The van der Waals surface area contributed by atoms with Crippen LogP contribution in [-0.4, -0.2) is 26.0 Å². The topological polar surface area (TPSA) is 93.8 Å². The number of nitrogens with one attached hydrogen (secondary N) is 1. The summed E-state index contributed by atoms with van der Waals surface area (Å²) in [6.45, 7) is 0. The molecular weight excluding hydrogens is 378 g/mol. The number of aromatic nitrogens is 4. The van der Waals surface area contributed by atoms with E-state index in [2.05, 4.69) is 25.4 Å². The van der Waals surface area contributed by atoms with Gasteiger partial charge in [-0.3, -0.25) is 9.78 Å². The van der Waals surface area contributed by atoms with Gasteiger partial charge in [-0.2, -0.15) is 4.98 Å². The fraction of sp³-hybridized carbons (Fsp3) is 0.0500. The zero-order valence-electron chi connectivity index (χ0n) is 14.5. The van der Waals surface area contributed by atoms with Crippen molar-refractivity contribution in [2.75, 3.05) is 5.32 Å². The van der Waals surface area contributed by atoms with Gasteiger partial charge in [0.05, 0.1) is 23.2 Å². The maximum absolute atomic E-state index is 12.6. The highest BCUT2D eigenvalue weighted by atomic mass is 35.5. The van der Waals surface area contributed by atoms with E-state index in [1.54, 1.807) is 42.9 Å². The Labute approximate surface area is 165 Å². The van der Waals surface area contributed by atoms with Gasteiger partial charge in [-0.15, -0.1) is 0 Å². The fourth-order valence-corrected chi connectivity index (χ4v) is 2.86. The number of hydrogen-bond donors (Lipinski definition) is 1. The highest BCUT2D eigenvalue weighted by Gasteiger charge is 2.15. The molecule has 28 heavy (non-hydrogen) atoms. The average Bonchev–Trinajstić information content (AvgIpc) is 3.19. The van der Waals surface area contributed by atoms with Crippen molar-refractivity contribution < 1.29 is 9.32 Å². The largest absolute Gasteiger partial charge is 0.339 e. The summed E-state index contributed by atoms with van der Waals surface area (Å²) in [6, 6.07) is 14.3. The molecule has 0 unspecified atom stereocenters. The van der Waals surface area contributed by atoms with E-state index in [4.69, 9.17) is 16.1 Å². The SMILES string of the molecule is O=C(Nc1ccccc1Cc1nc(-c2cnccn2)no1)c1ccccc1Cl. The summed E-state index contributed by atoms with van der Waals surface area (Å²) in [6.07, 6.45) is 5.05. The molecule has 2 aromatic carbocycles. The molecule has 7 nitrogen and oxygen atoms in total. The van der Waals surface area contributed by atoms with Crippen molar-refractivity contribution in [3.05, 3.63) is 89.2 Å². The van der Waals surface area contributed by atoms with Crippen molar-refractivity contribution in [3.63, 3.8) is 0 Å². The molecule has 2 heterocycles. The van der Waals surface area contributed by atoms with Crippen LogP contribution in [0.25, 0.3) is 11.5 Å². The second-order valence-corrected chi connectivity index (χ2v) is 6.28. The number of amides is 1. The second kappa shape index (κ2) is 7.98. The molecule has 0 fully saturated rings. The van der Waals surface area contributed by atoms with Crippen LogP contribution in [0.15, 0.2) is 71.6 Å². The van der Waals surface area contributed by atoms with Gasteiger partial charge in [0, 0.05) is 18.1 Å². The summed E-state index contributed by atoms with van der Waals surface area (Å²) >= 11 is 6.11. The predicted octanol–water partition coefficient (Wildman–Crippen LogP) is 4.02. The molecular formula is C20H14ClN5O2. The monoisotopic (exact) mass is 391 g/mol. The Morgan fingerprint density at radius 3 is 2.71 bits per heavy atom. The smallest absolute Gasteiger partial charge is 0.257 e. The number of nitrogens with zero attached hydrogens (tertiary/aromatic N) is 4. The third kappa shape index (κ3) is 3.89. The van der Waals surface area contributed by atoms with Crippen molar-refractivity contribution in [1.29, 1.82) is 0 Å². The lowest BCUT2D eigenvalue weighted by Gasteiger charge is -2.10. The van der Waals surface area contributed by atoms with Crippen LogP contribution in [0, 0.1) is 0 Å². The molecule has 138 valence electrons. The van der Waals surface area contributed by atoms with Crippen LogP contribution in [0.4, 0.5) is 5.69 Å². The van der Waals surface area contributed by atoms with Crippen molar-refractivity contribution in [3.8, 4) is 11.5 Å². The van der Waals surface area contributed by atoms with Gasteiger partial charge in [-0.1, -0.05) is 47.1 Å². The maximum atomic E-state index is 12.6. The van der Waals surface area contributed by atoms with Crippen molar-refractivity contribution in [2.45, 2.75) is 6.42 Å². The summed E-state index contributed by atoms with van der Waals surface area (Å²) in [7, 11) is 0. The molecule has 1 N–H and O–H groups in total. The van der Waals surface area contributed by atoms with E-state index in [-0.39, 0.29) is 5.91 Å². The molecule has 0 bridgehead atoms. The third-order valence-corrected chi connectivity index (χ3v) is 4.32. The number of carbonyl (C=O) groups excluding carboxylic acids is 1. The van der Waals surface area contributed by atoms with Crippen molar-refractivity contribution >= 4 is 23.2 Å². The van der Waals surface area contributed by atoms with E-state index in [9.17, 15) is 4.79 Å². The zero-order chi connectivity index (χ0) is 19.3. The Bertz CT molecular complexity index is 1110. The average molecular weight is 392 g/mol. The van der Waals surface area contributed by atoms with E-state index in [1.165, 1.54) is 0 Å². The fourth-order valence-electron chi connectivity index (χ4n) is 2.64. The molecule has 0 radical (unpaired) electrons. The highest BCUT2D eigenvalue weighted by molar-refractivity contribution is 6.34. The Hall–Kier alpha value is -3.58. The lowest BCUT2D eigenvalue weighted by molar-refractivity contribution is 0.102. The van der Waals surface area contributed by atoms with Gasteiger partial charge in [0.1, 0.15) is 5.69 Å². The standard InChI is InChI=1S/C20H14ClN5O2/c21-15-7-3-2-6-14(15)20(27)24-16-8-4-1-5-13(16)11-18-25-19(26-28-18)17-12-22-9-10-23-17/h1-10,12H,11H2,(H,24,27). The van der Waals surface area contributed by atoms with Gasteiger partial charge in [-0.05, 0) is 23.8 Å². The van der Waals surface area contributed by atoms with Crippen LogP contribution in [-0.2, 0) is 6.42 Å². The third-order valence-electron chi connectivity index (χ3n) is 3.99. The van der Waals surface area contributed by atoms with E-state index in [0.717, 1.165) is 5.56 Å². The Kier molecular flexibility index (Phi) is 5.07. The Morgan fingerprint density at radius 2 is 1.89 bits per heavy atom. The molecule has 0 saturated heterocycles. The van der Waals surface area contributed by atoms with Gasteiger partial charge in [-0.25, -0.2) is 4.98 Å². The number of carbonyl (C=O) groups is 1. The number of hydrogen-bond acceptors (Lipinski definition) is 6. The lowest BCUT2D eigenvalue weighted by Crippen LogP contribution is -2.14. The Morgan fingerprint density at radius 1 is 1.07 bits per heavy atom. The highest BCUT2D eigenvalue weighted by Crippen LogP contribution is 2.22. The number of benzene rings is 2. The quantitative estimate of drug-likeness (QED) is 0.552. The molecule has 0 atom stereocenters. The van der Waals surface area contributed by atoms with Crippen LogP contribution in [0.1, 0.15) is 21.8 Å². The first-order chi connectivity index (χ1) is 13.7. The van der Waals surface area contributed by atoms with E-state index >= 15 is 0 Å². The van der Waals surface area contributed by atoms with E-state index in [0.29, 0.717) is 40.1 Å². The van der Waals surface area contributed by atoms with Crippen LogP contribution in [0.5, 0.6) is 0 Å². The molecule has 4 rings (SSSR count). The van der Waals surface area contributed by atoms with E-state index < -0.39 is 0 Å². The molecule has 4 aromatic rings. The van der Waals surface area contributed by atoms with Gasteiger partial charge >= 0.3 is 0 Å². The molecule has 1 amide bonds. The normalized spacial score (nSPS) is 10.6. The Balaban J connectivity index is 1.55. The molecule has 0 aliphatic carbocycles. The van der Waals surface area contributed by atoms with Gasteiger partial charge in [0.15, 0.2) is 0 Å². The summed E-state index contributed by atoms with van der Waals surface area (Å²) in [4.78, 5) is 25.1. The summed E-state index contributed by atoms with van der Waals surface area (Å²) in [5, 5.41) is 7.22. The zero-order valence-corrected chi connectivity index (χ0v) is 15.3. The first-order valence-electron chi connectivity index (χ1n) is 8.43. The van der Waals surface area contributed by atoms with Crippen LogP contribution in [0.2, 0.25) is 5.02 Å². The van der Waals surface area contributed by atoms with Crippen molar-refractivity contribution in [1.82, 2.24) is 20.1 Å². The van der Waals surface area contributed by atoms with Crippen LogP contribution in [0.3, 0.4) is 0 Å². The number of rotatable bonds is 5. The minimum Gasteiger partial charge on any atom is -0.339 e. The maximum Gasteiger partial charge on any atom is 0.257 e. The number of halogens is 1. The molecule has 2 aromatic heterocycles. The van der Waals surface area contributed by atoms with E-state index in [1.807, 2.05) is 24.3 Å². The molecule has 0 saturated carbocycles. The minimum absolute atomic E-state index is 0.288. The first kappa shape index (κ1) is 17.8. The molecule has 0 spiro atoms. The number of para-hydroxylation sites is 1. The lowest BCUT2D eigenvalue weighted by atomic mass is 10.1. The first-order valence-corrected chi connectivity index (χ1v) is 8.81. The minimum atomic E-state index is -0.288. The van der Waals surface area contributed by atoms with Crippen molar-refractivity contribution in [2.24, 2.45) is 0 Å².